The maximum Gasteiger partial charge on any atom is 0.309 e. The maximum atomic E-state index is 12.8. The Kier molecular flexibility index (Phi) is 3.20. The molecule has 3 fully saturated rings. The lowest BCUT2D eigenvalue weighted by Crippen LogP contribution is -2.58. The van der Waals surface area contributed by atoms with Gasteiger partial charge in [0.25, 0.3) is 5.91 Å². The topological polar surface area (TPSA) is 79.3 Å². The summed E-state index contributed by atoms with van der Waals surface area (Å²) in [5.41, 5.74) is 0.725. The molecule has 23 heavy (non-hydrogen) atoms. The second-order valence-electron chi connectivity index (χ2n) is 6.81. The smallest absolute Gasteiger partial charge is 0.309 e. The van der Waals surface area contributed by atoms with Gasteiger partial charge in [-0.15, -0.1) is 11.3 Å². The average molecular weight is 330 g/mol. The molecular formula is C17H18N2O3S. The molecule has 0 atom stereocenters. The van der Waals surface area contributed by atoms with Crippen LogP contribution in [-0.2, 0) is 4.79 Å². The molecule has 0 unspecified atom stereocenters. The molecule has 2 N–H and O–H groups in total. The number of carboxylic acid groups (broad SMARTS) is 1. The zero-order valence-electron chi connectivity index (χ0n) is 12.7. The van der Waals surface area contributed by atoms with Gasteiger partial charge in [0.05, 0.1) is 21.2 Å². The van der Waals surface area contributed by atoms with Gasteiger partial charge in [-0.25, -0.2) is 0 Å². The number of hydrogen-bond acceptors (Lipinski definition) is 4. The molecule has 3 aliphatic rings. The number of carbonyl (C=O) groups excluding carboxylic acids is 1. The zero-order valence-corrected chi connectivity index (χ0v) is 13.5. The van der Waals surface area contributed by atoms with Crippen LogP contribution < -0.4 is 5.32 Å². The van der Waals surface area contributed by atoms with Gasteiger partial charge in [0.15, 0.2) is 0 Å². The quantitative estimate of drug-likeness (QED) is 0.906. The maximum absolute atomic E-state index is 12.8. The van der Waals surface area contributed by atoms with Gasteiger partial charge in [0.2, 0.25) is 0 Å². The van der Waals surface area contributed by atoms with Crippen LogP contribution in [0.2, 0.25) is 0 Å². The fraction of sp³-hybridized carbons (Fsp3) is 0.471. The zero-order chi connectivity index (χ0) is 16.1. The number of hydrogen-bond donors (Lipinski definition) is 2. The van der Waals surface area contributed by atoms with E-state index < -0.39 is 11.4 Å². The SMILES string of the molecule is O=C(NC12CCC(C(=O)O)(CC1)CC2)c1ccnc2ccsc12. The molecule has 5 rings (SSSR count). The number of amides is 1. The Hall–Kier alpha value is -1.95. The second kappa shape index (κ2) is 5.03. The highest BCUT2D eigenvalue weighted by molar-refractivity contribution is 7.17. The van der Waals surface area contributed by atoms with Gasteiger partial charge < -0.3 is 10.4 Å². The van der Waals surface area contributed by atoms with E-state index in [2.05, 4.69) is 10.3 Å². The van der Waals surface area contributed by atoms with E-state index in [-0.39, 0.29) is 11.4 Å². The van der Waals surface area contributed by atoms with Crippen LogP contribution in [0.1, 0.15) is 48.9 Å². The van der Waals surface area contributed by atoms with Crippen LogP contribution in [0.25, 0.3) is 10.2 Å². The first-order valence-electron chi connectivity index (χ1n) is 7.92. The molecule has 2 bridgehead atoms. The van der Waals surface area contributed by atoms with Crippen molar-refractivity contribution in [2.75, 3.05) is 0 Å². The molecule has 2 aromatic rings. The van der Waals surface area contributed by atoms with Crippen LogP contribution in [0.4, 0.5) is 0 Å². The molecule has 2 heterocycles. The Morgan fingerprint density at radius 1 is 1.13 bits per heavy atom. The first-order chi connectivity index (χ1) is 11.0. The minimum atomic E-state index is -0.674. The molecule has 1 amide bonds. The molecule has 0 saturated heterocycles. The van der Waals surface area contributed by atoms with Crippen molar-refractivity contribution in [3.8, 4) is 0 Å². The van der Waals surface area contributed by atoms with Crippen LogP contribution >= 0.6 is 11.3 Å². The lowest BCUT2D eigenvalue weighted by Gasteiger charge is -2.51. The van der Waals surface area contributed by atoms with E-state index in [1.165, 1.54) is 11.3 Å². The molecule has 2 aromatic heterocycles. The number of pyridine rings is 1. The molecule has 6 heteroatoms. The Balaban J connectivity index is 1.56. The van der Waals surface area contributed by atoms with Gasteiger partial charge in [0.1, 0.15) is 0 Å². The van der Waals surface area contributed by atoms with E-state index >= 15 is 0 Å². The van der Waals surface area contributed by atoms with E-state index in [9.17, 15) is 14.7 Å². The molecule has 120 valence electrons. The van der Waals surface area contributed by atoms with Crippen molar-refractivity contribution in [2.24, 2.45) is 5.41 Å². The number of carboxylic acids is 1. The largest absolute Gasteiger partial charge is 0.481 e. The molecule has 0 aliphatic heterocycles. The Labute approximate surface area is 137 Å². The van der Waals surface area contributed by atoms with E-state index in [1.807, 2.05) is 11.4 Å². The van der Waals surface area contributed by atoms with Crippen molar-refractivity contribution in [3.63, 3.8) is 0 Å². The highest BCUT2D eigenvalue weighted by atomic mass is 32.1. The van der Waals surface area contributed by atoms with Crippen molar-refractivity contribution < 1.29 is 14.7 Å². The number of nitrogens with zero attached hydrogens (tertiary/aromatic N) is 1. The summed E-state index contributed by atoms with van der Waals surface area (Å²) in [6.45, 7) is 0. The van der Waals surface area contributed by atoms with Crippen molar-refractivity contribution in [1.29, 1.82) is 0 Å². The minimum absolute atomic E-state index is 0.0652. The third-order valence-corrected chi connectivity index (χ3v) is 6.60. The van der Waals surface area contributed by atoms with Gasteiger partial charge in [-0.1, -0.05) is 0 Å². The Bertz CT molecular complexity index is 773. The van der Waals surface area contributed by atoms with Crippen LogP contribution in [-0.4, -0.2) is 27.5 Å². The molecule has 0 radical (unpaired) electrons. The molecule has 0 aromatic carbocycles. The number of carbonyl (C=O) groups is 2. The highest BCUT2D eigenvalue weighted by Gasteiger charge is 2.53. The number of fused-ring (bicyclic) bond motifs is 4. The van der Waals surface area contributed by atoms with E-state index in [0.717, 1.165) is 29.5 Å². The van der Waals surface area contributed by atoms with Gasteiger partial charge in [-0.3, -0.25) is 14.6 Å². The van der Waals surface area contributed by atoms with Crippen LogP contribution in [0.5, 0.6) is 0 Å². The summed E-state index contributed by atoms with van der Waals surface area (Å²) in [5, 5.41) is 14.6. The highest BCUT2D eigenvalue weighted by Crippen LogP contribution is 2.52. The van der Waals surface area contributed by atoms with E-state index in [0.29, 0.717) is 24.8 Å². The number of rotatable bonds is 3. The summed E-state index contributed by atoms with van der Waals surface area (Å²) in [5.74, 6) is -0.740. The van der Waals surface area contributed by atoms with Gasteiger partial charge in [-0.2, -0.15) is 0 Å². The second-order valence-corrected chi connectivity index (χ2v) is 7.73. The molecule has 5 nitrogen and oxygen atoms in total. The molecule has 0 spiro atoms. The Morgan fingerprint density at radius 2 is 1.83 bits per heavy atom. The first kappa shape index (κ1) is 14.6. The van der Waals surface area contributed by atoms with E-state index in [1.54, 1.807) is 12.3 Å². The lowest BCUT2D eigenvalue weighted by atomic mass is 9.57. The van der Waals surface area contributed by atoms with E-state index in [4.69, 9.17) is 0 Å². The summed E-state index contributed by atoms with van der Waals surface area (Å²) in [4.78, 5) is 28.5. The van der Waals surface area contributed by atoms with Crippen LogP contribution in [0.3, 0.4) is 0 Å². The van der Waals surface area contributed by atoms with Gasteiger partial charge >= 0.3 is 5.97 Å². The lowest BCUT2D eigenvalue weighted by molar-refractivity contribution is -0.156. The Morgan fingerprint density at radius 3 is 2.48 bits per heavy atom. The summed E-state index contributed by atoms with van der Waals surface area (Å²) in [6.07, 6.45) is 5.91. The molecule has 3 saturated carbocycles. The van der Waals surface area contributed by atoms with Crippen LogP contribution in [0, 0.1) is 5.41 Å². The normalized spacial score (nSPS) is 29.6. The predicted octanol–water partition coefficient (Wildman–Crippen LogP) is 3.20. The monoisotopic (exact) mass is 330 g/mol. The third kappa shape index (κ3) is 2.24. The summed E-state index contributed by atoms with van der Waals surface area (Å²) in [6, 6.07) is 3.68. The fourth-order valence-electron chi connectivity index (χ4n) is 4.05. The molecular weight excluding hydrogens is 312 g/mol. The van der Waals surface area contributed by atoms with Gasteiger partial charge in [-0.05, 0) is 56.0 Å². The van der Waals surface area contributed by atoms with Crippen molar-refractivity contribution in [2.45, 2.75) is 44.1 Å². The summed E-state index contributed by atoms with van der Waals surface area (Å²) >= 11 is 1.52. The molecule has 3 aliphatic carbocycles. The fourth-order valence-corrected chi connectivity index (χ4v) is 4.92. The van der Waals surface area contributed by atoms with Crippen molar-refractivity contribution >= 4 is 33.4 Å². The standard InChI is InChI=1S/C17H18N2O3S/c20-14(11-1-9-18-12-2-10-23-13(11)12)19-17-6-3-16(4-7-17,5-8-17)15(21)22/h1-2,9-10H,3-8H2,(H,19,20)(H,21,22). The number of nitrogens with one attached hydrogen (secondary N) is 1. The predicted molar refractivity (Wildman–Crippen MR) is 87.6 cm³/mol. The minimum Gasteiger partial charge on any atom is -0.481 e. The summed E-state index contributed by atoms with van der Waals surface area (Å²) in [7, 11) is 0. The first-order valence-corrected chi connectivity index (χ1v) is 8.80. The van der Waals surface area contributed by atoms with Gasteiger partial charge in [0, 0.05) is 11.7 Å². The average Bonchev–Trinajstić information content (AvgIpc) is 3.04. The van der Waals surface area contributed by atoms with Crippen molar-refractivity contribution in [3.05, 3.63) is 29.3 Å². The van der Waals surface area contributed by atoms with Crippen LogP contribution in [0.15, 0.2) is 23.7 Å². The number of aliphatic carboxylic acids is 1. The number of thiophene rings is 1. The van der Waals surface area contributed by atoms with Crippen molar-refractivity contribution in [1.82, 2.24) is 10.3 Å². The third-order valence-electron chi connectivity index (χ3n) is 5.67. The number of aromatic nitrogens is 1. The summed E-state index contributed by atoms with van der Waals surface area (Å²) < 4.78 is 0.910.